The highest BCUT2D eigenvalue weighted by Crippen LogP contribution is 2.46. The Balaban J connectivity index is 1.10. The standard InChI is InChI=1S/C47H38N4/c1-3-14-42-30(2)38-28-33(17-13-19-36(38)46-48-40-20-8-11-23-44(40)50(42)46)31-15-5-4-6-16-32(27-31)34-25-26-37-39(29-34)35-18-7-10-22-43(35)51-45-24-12-9-21-41(45)49-47(37)51/h3-4,7-8,10-18,20,22-29,36,38H,5,9,19,21H2,1-2H3/b14-3-,31-15+,32-27+. The van der Waals surface area contributed by atoms with E-state index in [1.807, 2.05) is 0 Å². The highest BCUT2D eigenvalue weighted by Gasteiger charge is 2.35. The molecule has 0 saturated heterocycles. The largest absolute Gasteiger partial charge is 0.296 e. The van der Waals surface area contributed by atoms with Gasteiger partial charge in [0.05, 0.1) is 27.9 Å². The molecule has 0 saturated carbocycles. The summed E-state index contributed by atoms with van der Waals surface area (Å²) in [7, 11) is 0. The summed E-state index contributed by atoms with van der Waals surface area (Å²) in [6.45, 7) is 4.41. The zero-order valence-electron chi connectivity index (χ0n) is 29.0. The summed E-state index contributed by atoms with van der Waals surface area (Å²) >= 11 is 0. The van der Waals surface area contributed by atoms with E-state index in [2.05, 4.69) is 162 Å². The molecule has 2 unspecified atom stereocenters. The summed E-state index contributed by atoms with van der Waals surface area (Å²) in [4.78, 5) is 10.4. The number of fused-ring (bicyclic) bond motifs is 13. The zero-order valence-corrected chi connectivity index (χ0v) is 29.0. The van der Waals surface area contributed by atoms with Crippen molar-refractivity contribution in [3.8, 4) is 0 Å². The van der Waals surface area contributed by atoms with Gasteiger partial charge in [-0.1, -0.05) is 72.9 Å². The molecule has 4 heterocycles. The summed E-state index contributed by atoms with van der Waals surface area (Å²) in [6, 6.07) is 24.2. The van der Waals surface area contributed by atoms with Crippen molar-refractivity contribution in [3.05, 3.63) is 173 Å². The molecule has 0 bridgehead atoms. The van der Waals surface area contributed by atoms with Crippen molar-refractivity contribution in [3.63, 3.8) is 0 Å². The van der Waals surface area contributed by atoms with E-state index in [1.165, 1.54) is 66.6 Å². The fourth-order valence-corrected chi connectivity index (χ4v) is 8.75. The first kappa shape index (κ1) is 29.9. The first-order valence-electron chi connectivity index (χ1n) is 18.2. The van der Waals surface area contributed by atoms with Crippen LogP contribution in [0.3, 0.4) is 0 Å². The van der Waals surface area contributed by atoms with Gasteiger partial charge in [0.25, 0.3) is 0 Å². The molecular formula is C47H38N4. The summed E-state index contributed by atoms with van der Waals surface area (Å²) in [5.74, 6) is 1.67. The molecule has 10 rings (SSSR count). The van der Waals surface area contributed by atoms with Crippen molar-refractivity contribution in [2.45, 2.75) is 45.4 Å². The van der Waals surface area contributed by atoms with Gasteiger partial charge in [-0.05, 0) is 133 Å². The van der Waals surface area contributed by atoms with Crippen LogP contribution in [0.4, 0.5) is 0 Å². The van der Waals surface area contributed by atoms with Crippen molar-refractivity contribution in [1.82, 2.24) is 18.9 Å². The normalized spacial score (nSPS) is 22.0. The van der Waals surface area contributed by atoms with E-state index in [9.17, 15) is 0 Å². The Hall–Kier alpha value is -5.96. The lowest BCUT2D eigenvalue weighted by molar-refractivity contribution is 0.524. The van der Waals surface area contributed by atoms with Gasteiger partial charge >= 0.3 is 0 Å². The lowest BCUT2D eigenvalue weighted by Gasteiger charge is -2.32. The van der Waals surface area contributed by atoms with Crippen LogP contribution in [0.25, 0.3) is 55.7 Å². The molecule has 4 aliphatic rings. The Morgan fingerprint density at radius 1 is 0.863 bits per heavy atom. The van der Waals surface area contributed by atoms with Crippen LogP contribution in [0.2, 0.25) is 0 Å². The second kappa shape index (κ2) is 11.8. The number of pyridine rings is 1. The molecule has 3 aliphatic carbocycles. The van der Waals surface area contributed by atoms with E-state index in [0.29, 0.717) is 0 Å². The first-order chi connectivity index (χ1) is 25.2. The van der Waals surface area contributed by atoms with Gasteiger partial charge in [0.1, 0.15) is 11.5 Å². The monoisotopic (exact) mass is 658 g/mol. The molecule has 0 amide bonds. The molecule has 3 aromatic heterocycles. The Morgan fingerprint density at radius 3 is 2.67 bits per heavy atom. The van der Waals surface area contributed by atoms with E-state index < -0.39 is 0 Å². The van der Waals surface area contributed by atoms with Crippen LogP contribution < -0.4 is 0 Å². The number of aryl methyl sites for hydroxylation is 1. The van der Waals surface area contributed by atoms with E-state index in [1.54, 1.807) is 0 Å². The van der Waals surface area contributed by atoms with Crippen molar-refractivity contribution in [2.24, 2.45) is 5.92 Å². The molecular weight excluding hydrogens is 621 g/mol. The van der Waals surface area contributed by atoms with Gasteiger partial charge in [0.15, 0.2) is 0 Å². The topological polar surface area (TPSA) is 35.1 Å². The fraction of sp³-hybridized carbons (Fsp3) is 0.170. The third-order valence-corrected chi connectivity index (χ3v) is 11.2. The molecule has 51 heavy (non-hydrogen) atoms. The van der Waals surface area contributed by atoms with E-state index in [-0.39, 0.29) is 11.8 Å². The minimum absolute atomic E-state index is 0.240. The highest BCUT2D eigenvalue weighted by atomic mass is 15.1. The van der Waals surface area contributed by atoms with Gasteiger partial charge in [-0.3, -0.25) is 8.97 Å². The van der Waals surface area contributed by atoms with Crippen molar-refractivity contribution in [2.75, 3.05) is 0 Å². The van der Waals surface area contributed by atoms with Crippen molar-refractivity contribution < 1.29 is 0 Å². The first-order valence-corrected chi connectivity index (χ1v) is 18.2. The van der Waals surface area contributed by atoms with Gasteiger partial charge < -0.3 is 0 Å². The maximum Gasteiger partial charge on any atom is 0.145 e. The maximum absolute atomic E-state index is 5.22. The summed E-state index contributed by atoms with van der Waals surface area (Å²) in [5, 5.41) is 3.65. The predicted molar refractivity (Wildman–Crippen MR) is 212 cm³/mol. The van der Waals surface area contributed by atoms with Crippen LogP contribution in [0.5, 0.6) is 0 Å². The Labute approximate surface area is 297 Å². The van der Waals surface area contributed by atoms with E-state index in [0.717, 1.165) is 48.2 Å². The summed E-state index contributed by atoms with van der Waals surface area (Å²) in [6.07, 6.45) is 28.9. The van der Waals surface area contributed by atoms with Crippen molar-refractivity contribution >= 4 is 55.7 Å². The fourth-order valence-electron chi connectivity index (χ4n) is 8.75. The number of benzene rings is 3. The number of aromatic nitrogens is 4. The average Bonchev–Trinajstić information content (AvgIpc) is 3.65. The molecule has 6 aromatic rings. The Bertz CT molecular complexity index is 2760. The zero-order chi connectivity index (χ0) is 34.1. The molecule has 1 aliphatic heterocycles. The quantitative estimate of drug-likeness (QED) is 0.140. The molecule has 0 N–H and O–H groups in total. The lowest BCUT2D eigenvalue weighted by atomic mass is 9.79. The number of para-hydroxylation sites is 3. The van der Waals surface area contributed by atoms with Crippen molar-refractivity contribution in [1.29, 1.82) is 0 Å². The molecule has 3 aromatic carbocycles. The Kier molecular flexibility index (Phi) is 6.94. The summed E-state index contributed by atoms with van der Waals surface area (Å²) in [5.41, 5.74) is 17.8. The highest BCUT2D eigenvalue weighted by molar-refractivity contribution is 6.13. The van der Waals surface area contributed by atoms with Crippen LogP contribution in [0, 0.1) is 5.92 Å². The number of hydrogen-bond acceptors (Lipinski definition) is 2. The number of imidazole rings is 2. The van der Waals surface area contributed by atoms with Crippen LogP contribution >= 0.6 is 0 Å². The minimum atomic E-state index is 0.240. The number of allylic oxidation sites excluding steroid dienone is 14. The predicted octanol–water partition coefficient (Wildman–Crippen LogP) is 11.5. The van der Waals surface area contributed by atoms with Crippen LogP contribution in [-0.2, 0) is 6.42 Å². The smallest absolute Gasteiger partial charge is 0.145 e. The third-order valence-electron chi connectivity index (χ3n) is 11.2. The Morgan fingerprint density at radius 2 is 1.75 bits per heavy atom. The van der Waals surface area contributed by atoms with Crippen LogP contribution in [0.1, 0.15) is 61.8 Å². The second-order valence-electron chi connectivity index (χ2n) is 14.1. The van der Waals surface area contributed by atoms with Gasteiger partial charge in [-0.15, -0.1) is 5.73 Å². The maximum atomic E-state index is 5.22. The van der Waals surface area contributed by atoms with Gasteiger partial charge in [-0.25, -0.2) is 9.97 Å². The van der Waals surface area contributed by atoms with E-state index in [4.69, 9.17) is 9.97 Å². The van der Waals surface area contributed by atoms with Gasteiger partial charge in [0.2, 0.25) is 0 Å². The number of hydrogen-bond donors (Lipinski definition) is 0. The average molecular weight is 659 g/mol. The van der Waals surface area contributed by atoms with Crippen LogP contribution in [-0.4, -0.2) is 18.9 Å². The SMILES string of the molecule is C/C=C\C1=C(C)C2C=C(C3=C/CC=C=C/C(c4ccc5c(c4)c4ccccc4n4c6c(nc54)CCC=C6)=C\3)C=CCC2c2nc3ccccc3n21. The summed E-state index contributed by atoms with van der Waals surface area (Å²) < 4.78 is 4.76. The molecule has 4 heteroatoms. The third kappa shape index (κ3) is 4.67. The van der Waals surface area contributed by atoms with Crippen LogP contribution in [0.15, 0.2) is 150 Å². The second-order valence-corrected chi connectivity index (χ2v) is 14.1. The molecule has 4 nitrogen and oxygen atoms in total. The van der Waals surface area contributed by atoms with Gasteiger partial charge in [-0.2, -0.15) is 0 Å². The molecule has 0 fully saturated rings. The molecule has 2 atom stereocenters. The number of nitrogens with zero attached hydrogens (tertiary/aromatic N) is 4. The number of rotatable bonds is 3. The molecule has 0 spiro atoms. The minimum Gasteiger partial charge on any atom is -0.296 e. The molecule has 0 radical (unpaired) electrons. The van der Waals surface area contributed by atoms with Gasteiger partial charge in [0, 0.05) is 28.3 Å². The molecule has 246 valence electrons. The van der Waals surface area contributed by atoms with E-state index >= 15 is 0 Å². The lowest BCUT2D eigenvalue weighted by Crippen LogP contribution is -2.23.